The van der Waals surface area contributed by atoms with Gasteiger partial charge in [-0.1, -0.05) is 0 Å². The molecule has 0 radical (unpaired) electrons. The van der Waals surface area contributed by atoms with Crippen molar-refractivity contribution in [3.63, 3.8) is 0 Å². The van der Waals surface area contributed by atoms with Gasteiger partial charge in [0.15, 0.2) is 6.10 Å². The highest BCUT2D eigenvalue weighted by atomic mass is 32.1. The molecule has 3 rings (SSSR count). The number of hydrogen-bond donors (Lipinski definition) is 0. The van der Waals surface area contributed by atoms with Crippen molar-refractivity contribution in [3.05, 3.63) is 28.6 Å². The first-order valence-electron chi connectivity index (χ1n) is 8.15. The van der Waals surface area contributed by atoms with Crippen molar-refractivity contribution in [2.75, 3.05) is 32.1 Å². The molecule has 0 aliphatic carbocycles. The van der Waals surface area contributed by atoms with Gasteiger partial charge in [0.2, 0.25) is 0 Å². The average Bonchev–Trinajstić information content (AvgIpc) is 2.97. The van der Waals surface area contributed by atoms with E-state index in [9.17, 15) is 4.79 Å². The highest BCUT2D eigenvalue weighted by Gasteiger charge is 2.31. The van der Waals surface area contributed by atoms with Crippen LogP contribution in [0.3, 0.4) is 0 Å². The number of fused-ring (bicyclic) bond motifs is 1. The van der Waals surface area contributed by atoms with Crippen LogP contribution in [0.15, 0.2) is 23.6 Å². The minimum absolute atomic E-state index is 0.0212. The molecular formula is C18H23N3O2S. The lowest BCUT2D eigenvalue weighted by molar-refractivity contribution is -0.125. The lowest BCUT2D eigenvalue weighted by atomic mass is 10.1. The highest BCUT2D eigenvalue weighted by molar-refractivity contribution is 7.09. The molecule has 1 unspecified atom stereocenters. The molecule has 2 heterocycles. The number of carbonyl (C=O) groups is 1. The second kappa shape index (κ2) is 6.91. The summed E-state index contributed by atoms with van der Waals surface area (Å²) >= 11 is 1.63. The molecule has 6 heteroatoms. The zero-order valence-corrected chi connectivity index (χ0v) is 15.4. The molecule has 0 N–H and O–H groups in total. The van der Waals surface area contributed by atoms with E-state index in [-0.39, 0.29) is 5.91 Å². The van der Waals surface area contributed by atoms with Crippen LogP contribution in [0.5, 0.6) is 5.75 Å². The Morgan fingerprint density at radius 1 is 1.38 bits per heavy atom. The fourth-order valence-corrected chi connectivity index (χ4v) is 3.46. The minimum Gasteiger partial charge on any atom is -0.479 e. The van der Waals surface area contributed by atoms with E-state index in [0.717, 1.165) is 40.7 Å². The molecule has 0 saturated heterocycles. The Kier molecular flexibility index (Phi) is 4.87. The zero-order chi connectivity index (χ0) is 17.3. The van der Waals surface area contributed by atoms with E-state index in [1.54, 1.807) is 11.3 Å². The maximum atomic E-state index is 12.6. The molecule has 1 aliphatic rings. The number of amides is 1. The SMILES string of the molecule is Cc1nc(-c2ccc3c(c2)N(CCCN(C)C)C(=O)C(C)O3)cs1. The fourth-order valence-electron chi connectivity index (χ4n) is 2.84. The van der Waals surface area contributed by atoms with Gasteiger partial charge in [-0.2, -0.15) is 0 Å². The van der Waals surface area contributed by atoms with Crippen molar-refractivity contribution in [1.29, 1.82) is 0 Å². The van der Waals surface area contributed by atoms with Crippen LogP contribution in [0.4, 0.5) is 5.69 Å². The van der Waals surface area contributed by atoms with Gasteiger partial charge in [0.1, 0.15) is 5.75 Å². The summed E-state index contributed by atoms with van der Waals surface area (Å²) < 4.78 is 5.78. The van der Waals surface area contributed by atoms with Crippen molar-refractivity contribution in [3.8, 4) is 17.0 Å². The Labute approximate surface area is 146 Å². The van der Waals surface area contributed by atoms with Crippen LogP contribution in [0.25, 0.3) is 11.3 Å². The van der Waals surface area contributed by atoms with E-state index in [2.05, 4.69) is 9.88 Å². The van der Waals surface area contributed by atoms with Crippen LogP contribution in [0, 0.1) is 6.92 Å². The highest BCUT2D eigenvalue weighted by Crippen LogP contribution is 2.37. The van der Waals surface area contributed by atoms with Gasteiger partial charge in [-0.05, 0) is 59.1 Å². The van der Waals surface area contributed by atoms with E-state index in [1.807, 2.05) is 56.4 Å². The third-order valence-electron chi connectivity index (χ3n) is 4.07. The van der Waals surface area contributed by atoms with Gasteiger partial charge in [-0.3, -0.25) is 4.79 Å². The zero-order valence-electron chi connectivity index (χ0n) is 14.6. The van der Waals surface area contributed by atoms with E-state index < -0.39 is 6.10 Å². The van der Waals surface area contributed by atoms with Gasteiger partial charge in [0, 0.05) is 17.5 Å². The summed E-state index contributed by atoms with van der Waals surface area (Å²) in [6, 6.07) is 5.97. The van der Waals surface area contributed by atoms with Crippen molar-refractivity contribution in [2.45, 2.75) is 26.4 Å². The van der Waals surface area contributed by atoms with Crippen molar-refractivity contribution in [1.82, 2.24) is 9.88 Å². The molecule has 1 atom stereocenters. The molecular weight excluding hydrogens is 322 g/mol. The maximum absolute atomic E-state index is 12.6. The van der Waals surface area contributed by atoms with Crippen molar-refractivity contribution >= 4 is 22.9 Å². The second-order valence-corrected chi connectivity index (χ2v) is 7.40. The summed E-state index contributed by atoms with van der Waals surface area (Å²) in [5.74, 6) is 0.788. The predicted molar refractivity (Wildman–Crippen MR) is 97.9 cm³/mol. The quantitative estimate of drug-likeness (QED) is 0.835. The third kappa shape index (κ3) is 3.44. The number of hydrogen-bond acceptors (Lipinski definition) is 5. The number of anilines is 1. The molecule has 0 fully saturated rings. The van der Waals surface area contributed by atoms with E-state index in [4.69, 9.17) is 4.74 Å². The number of aromatic nitrogens is 1. The molecule has 0 spiro atoms. The van der Waals surface area contributed by atoms with Gasteiger partial charge >= 0.3 is 0 Å². The Morgan fingerprint density at radius 2 is 2.17 bits per heavy atom. The smallest absolute Gasteiger partial charge is 0.267 e. The molecule has 1 aliphatic heterocycles. The fraction of sp³-hybridized carbons (Fsp3) is 0.444. The largest absolute Gasteiger partial charge is 0.479 e. The lowest BCUT2D eigenvalue weighted by Gasteiger charge is -2.33. The monoisotopic (exact) mass is 345 g/mol. The number of benzene rings is 1. The number of thiazole rings is 1. The molecule has 5 nitrogen and oxygen atoms in total. The number of ether oxygens (including phenoxy) is 1. The van der Waals surface area contributed by atoms with Gasteiger partial charge in [0.25, 0.3) is 5.91 Å². The van der Waals surface area contributed by atoms with Gasteiger partial charge in [-0.15, -0.1) is 11.3 Å². The summed E-state index contributed by atoms with van der Waals surface area (Å²) in [5.41, 5.74) is 2.81. The van der Waals surface area contributed by atoms with Crippen LogP contribution < -0.4 is 9.64 Å². The van der Waals surface area contributed by atoms with E-state index in [1.165, 1.54) is 0 Å². The Hall–Kier alpha value is -1.92. The topological polar surface area (TPSA) is 45.7 Å². The number of rotatable bonds is 5. The van der Waals surface area contributed by atoms with Crippen LogP contribution in [0.2, 0.25) is 0 Å². The summed E-state index contributed by atoms with van der Waals surface area (Å²) in [6.45, 7) is 5.44. The number of nitrogens with zero attached hydrogens (tertiary/aromatic N) is 3. The first kappa shape index (κ1) is 16.9. The summed E-state index contributed by atoms with van der Waals surface area (Å²) in [4.78, 5) is 21.1. The second-order valence-electron chi connectivity index (χ2n) is 6.34. The van der Waals surface area contributed by atoms with Crippen LogP contribution >= 0.6 is 11.3 Å². The third-order valence-corrected chi connectivity index (χ3v) is 4.84. The van der Waals surface area contributed by atoms with Gasteiger partial charge < -0.3 is 14.5 Å². The van der Waals surface area contributed by atoms with Gasteiger partial charge in [0.05, 0.1) is 16.4 Å². The number of aryl methyl sites for hydroxylation is 1. The summed E-state index contributed by atoms with van der Waals surface area (Å²) in [5, 5.41) is 3.08. The molecule has 24 heavy (non-hydrogen) atoms. The first-order valence-corrected chi connectivity index (χ1v) is 9.03. The van der Waals surface area contributed by atoms with Crippen molar-refractivity contribution < 1.29 is 9.53 Å². The van der Waals surface area contributed by atoms with Crippen LogP contribution in [-0.4, -0.2) is 49.1 Å². The first-order chi connectivity index (χ1) is 11.5. The minimum atomic E-state index is -0.441. The summed E-state index contributed by atoms with van der Waals surface area (Å²) in [6.07, 6.45) is 0.481. The molecule has 1 amide bonds. The maximum Gasteiger partial charge on any atom is 0.267 e. The Bertz CT molecular complexity index is 742. The lowest BCUT2D eigenvalue weighted by Crippen LogP contribution is -2.45. The molecule has 1 aromatic carbocycles. The van der Waals surface area contributed by atoms with E-state index >= 15 is 0 Å². The molecule has 1 aromatic heterocycles. The van der Waals surface area contributed by atoms with Crippen molar-refractivity contribution in [2.24, 2.45) is 0 Å². The van der Waals surface area contributed by atoms with Crippen LogP contribution in [-0.2, 0) is 4.79 Å². The normalized spacial score (nSPS) is 17.1. The summed E-state index contributed by atoms with van der Waals surface area (Å²) in [7, 11) is 4.08. The molecule has 128 valence electrons. The molecule has 0 saturated carbocycles. The standard InChI is InChI=1S/C18H23N3O2S/c1-12-18(22)21(9-5-8-20(3)4)16-10-14(6-7-17(16)23-12)15-11-24-13(2)19-15/h6-7,10-12H,5,8-9H2,1-4H3. The Morgan fingerprint density at radius 3 is 2.83 bits per heavy atom. The Balaban J connectivity index is 1.91. The molecule has 2 aromatic rings. The average molecular weight is 345 g/mol. The predicted octanol–water partition coefficient (Wildman–Crippen LogP) is 3.18. The molecule has 0 bridgehead atoms. The van der Waals surface area contributed by atoms with Gasteiger partial charge in [-0.25, -0.2) is 4.98 Å². The number of carbonyl (C=O) groups excluding carboxylic acids is 1. The van der Waals surface area contributed by atoms with Crippen LogP contribution in [0.1, 0.15) is 18.4 Å². The van der Waals surface area contributed by atoms with E-state index in [0.29, 0.717) is 6.54 Å².